The third-order valence-electron chi connectivity index (χ3n) is 0.841. The van der Waals surface area contributed by atoms with E-state index in [9.17, 15) is 42.7 Å². The van der Waals surface area contributed by atoms with E-state index in [4.69, 9.17) is 0 Å². The van der Waals surface area contributed by atoms with Crippen molar-refractivity contribution in [3.63, 3.8) is 0 Å². The third-order valence-corrected chi connectivity index (χ3v) is 3.22. The Morgan fingerprint density at radius 2 is 1.19 bits per heavy atom. The van der Waals surface area contributed by atoms with E-state index in [-0.39, 0.29) is 18.9 Å². The van der Waals surface area contributed by atoms with Gasteiger partial charge in [0.1, 0.15) is 0 Å². The summed E-state index contributed by atoms with van der Waals surface area (Å²) in [5.74, 6) is 0. The molecule has 0 aliphatic heterocycles. The molecule has 0 fully saturated rings. The second kappa shape index (κ2) is 4.73. The van der Waals surface area contributed by atoms with Gasteiger partial charge in [-0.2, -0.15) is 22.0 Å². The van der Waals surface area contributed by atoms with Gasteiger partial charge in [-0.05, 0) is 0 Å². The summed E-state index contributed by atoms with van der Waals surface area (Å²) in [7, 11) is -13.2. The van der Waals surface area contributed by atoms with Gasteiger partial charge in [0.2, 0.25) is 10.4 Å². The Labute approximate surface area is 97.8 Å². The maximum absolute atomic E-state index is 12.0. The topological polar surface area (TPSA) is 82.4 Å². The standard InChI is InChI=1S/C2F6NO4S2.Li/c3-1(4,5)2(6,7)14(10,11)9-15(8,12)13;/q-1;+1. The van der Waals surface area contributed by atoms with Crippen molar-refractivity contribution in [2.75, 3.05) is 0 Å². The molecule has 0 saturated carbocycles. The maximum Gasteiger partial charge on any atom is 1.00 e. The van der Waals surface area contributed by atoms with Crippen molar-refractivity contribution < 1.29 is 61.5 Å². The number of hydrogen-bond acceptors (Lipinski definition) is 4. The van der Waals surface area contributed by atoms with Crippen LogP contribution in [-0.2, 0) is 20.4 Å². The van der Waals surface area contributed by atoms with Crippen molar-refractivity contribution >= 4 is 20.4 Å². The average Bonchev–Trinajstić information content (AvgIpc) is 1.77. The predicted molar refractivity (Wildman–Crippen MR) is 33.3 cm³/mol. The molecule has 0 rings (SSSR count). The first-order valence-electron chi connectivity index (χ1n) is 2.59. The number of alkyl halides is 5. The van der Waals surface area contributed by atoms with E-state index in [1.165, 1.54) is 0 Å². The molecule has 0 unspecified atom stereocenters. The van der Waals surface area contributed by atoms with E-state index in [0.717, 1.165) is 4.13 Å². The van der Waals surface area contributed by atoms with Crippen molar-refractivity contribution in [2.45, 2.75) is 11.4 Å². The Hall–Kier alpha value is 0.0374. The molecule has 0 aromatic carbocycles. The first-order valence-corrected chi connectivity index (χ1v) is 5.37. The molecule has 0 atom stereocenters. The van der Waals surface area contributed by atoms with E-state index in [2.05, 4.69) is 0 Å². The zero-order chi connectivity index (χ0) is 12.7. The van der Waals surface area contributed by atoms with Crippen LogP contribution in [0.4, 0.5) is 25.8 Å². The normalized spacial score (nSPS) is 14.4. The fourth-order valence-electron chi connectivity index (χ4n) is 0.310. The molecule has 0 aromatic heterocycles. The second-order valence-electron chi connectivity index (χ2n) is 1.98. The van der Waals surface area contributed by atoms with Gasteiger partial charge < -0.3 is 4.13 Å². The zero-order valence-electron chi connectivity index (χ0n) is 7.16. The van der Waals surface area contributed by atoms with Crippen LogP contribution < -0.4 is 18.9 Å². The van der Waals surface area contributed by atoms with E-state index in [1.807, 2.05) is 0 Å². The Bertz CT molecular complexity index is 438. The maximum atomic E-state index is 12.0. The molecule has 0 saturated heterocycles. The number of hydrogen-bond donors (Lipinski definition) is 0. The summed E-state index contributed by atoms with van der Waals surface area (Å²) in [6.45, 7) is 0. The monoisotopic (exact) mass is 287 g/mol. The fraction of sp³-hybridized carbons (Fsp3) is 1.00. The van der Waals surface area contributed by atoms with Gasteiger partial charge in [0, 0.05) is 0 Å². The summed E-state index contributed by atoms with van der Waals surface area (Å²) < 4.78 is 110. The SMILES string of the molecule is O=S(=O)(F)[N-]S(=O)(=O)C(F)(F)C(F)(F)F.[Li+]. The van der Waals surface area contributed by atoms with Crippen molar-refractivity contribution in [3.05, 3.63) is 4.13 Å². The van der Waals surface area contributed by atoms with Crippen LogP contribution in [0.2, 0.25) is 0 Å². The fourth-order valence-corrected chi connectivity index (χ4v) is 1.91. The Morgan fingerprint density at radius 1 is 0.875 bits per heavy atom. The molecule has 0 N–H and O–H groups in total. The minimum absolute atomic E-state index is 0. The van der Waals surface area contributed by atoms with Gasteiger partial charge in [0.05, 0.1) is 0 Å². The number of nitrogens with zero attached hydrogens (tertiary/aromatic N) is 1. The number of rotatable bonds is 3. The first-order chi connectivity index (χ1) is 6.21. The molecular formula is C2F6LiNO4S2. The molecule has 16 heavy (non-hydrogen) atoms. The van der Waals surface area contributed by atoms with Crippen LogP contribution >= 0.6 is 0 Å². The van der Waals surface area contributed by atoms with Gasteiger partial charge in [-0.15, -0.1) is 3.89 Å². The van der Waals surface area contributed by atoms with E-state index >= 15 is 0 Å². The van der Waals surface area contributed by atoms with Crippen molar-refractivity contribution in [2.24, 2.45) is 0 Å². The average molecular weight is 287 g/mol. The summed E-state index contributed by atoms with van der Waals surface area (Å²) in [4.78, 5) is 0. The molecule has 14 heteroatoms. The molecule has 92 valence electrons. The summed E-state index contributed by atoms with van der Waals surface area (Å²) >= 11 is 0. The summed E-state index contributed by atoms with van der Waals surface area (Å²) in [5, 5.41) is -6.47. The van der Waals surface area contributed by atoms with Crippen LogP contribution in [-0.4, -0.2) is 28.3 Å². The van der Waals surface area contributed by atoms with Gasteiger partial charge in [0.25, 0.3) is 0 Å². The summed E-state index contributed by atoms with van der Waals surface area (Å²) in [6, 6.07) is 0. The minimum atomic E-state index is -6.87. The van der Waals surface area contributed by atoms with Gasteiger partial charge in [-0.1, -0.05) is 0 Å². The van der Waals surface area contributed by atoms with Crippen LogP contribution in [0.5, 0.6) is 0 Å². The molecule has 0 aromatic rings. The molecule has 0 amide bonds. The second-order valence-corrected chi connectivity index (χ2v) is 4.86. The van der Waals surface area contributed by atoms with Crippen LogP contribution in [0.1, 0.15) is 0 Å². The number of sulfonamides is 1. The predicted octanol–water partition coefficient (Wildman–Crippen LogP) is -1.94. The van der Waals surface area contributed by atoms with Gasteiger partial charge in [-0.3, -0.25) is 0 Å². The summed E-state index contributed by atoms with van der Waals surface area (Å²) in [6.07, 6.45) is -6.60. The number of halogens is 6. The Balaban J connectivity index is 0. The van der Waals surface area contributed by atoms with Gasteiger partial charge in [0.15, 0.2) is 10.0 Å². The first kappa shape index (κ1) is 18.4. The third kappa shape index (κ3) is 4.13. The largest absolute Gasteiger partial charge is 1.00 e. The summed E-state index contributed by atoms with van der Waals surface area (Å²) in [5.41, 5.74) is 0. The van der Waals surface area contributed by atoms with Crippen molar-refractivity contribution in [3.8, 4) is 0 Å². The van der Waals surface area contributed by atoms with E-state index < -0.39 is 31.9 Å². The van der Waals surface area contributed by atoms with Gasteiger partial charge >= 0.3 is 30.3 Å². The molecule has 0 bridgehead atoms. The zero-order valence-corrected chi connectivity index (χ0v) is 8.80. The minimum Gasteiger partial charge on any atom is -0.402 e. The molecular weight excluding hydrogens is 287 g/mol. The Morgan fingerprint density at radius 3 is 1.38 bits per heavy atom. The van der Waals surface area contributed by atoms with Crippen LogP contribution in [0.3, 0.4) is 0 Å². The van der Waals surface area contributed by atoms with Crippen LogP contribution in [0.25, 0.3) is 4.13 Å². The smallest absolute Gasteiger partial charge is 0.402 e. The van der Waals surface area contributed by atoms with E-state index in [0.29, 0.717) is 0 Å². The van der Waals surface area contributed by atoms with Crippen LogP contribution in [0, 0.1) is 0 Å². The molecule has 0 radical (unpaired) electrons. The van der Waals surface area contributed by atoms with Crippen molar-refractivity contribution in [1.29, 1.82) is 0 Å². The van der Waals surface area contributed by atoms with E-state index in [1.54, 1.807) is 0 Å². The van der Waals surface area contributed by atoms with Gasteiger partial charge in [-0.25, -0.2) is 16.8 Å². The van der Waals surface area contributed by atoms with Crippen molar-refractivity contribution in [1.82, 2.24) is 0 Å². The Kier molecular flexibility index (Phi) is 5.44. The molecule has 0 aliphatic carbocycles. The molecule has 0 spiro atoms. The molecule has 5 nitrogen and oxygen atoms in total. The van der Waals surface area contributed by atoms with Crippen LogP contribution in [0.15, 0.2) is 0 Å². The quantitative estimate of drug-likeness (QED) is 0.343. The molecule has 0 aliphatic rings. The molecule has 0 heterocycles.